The Morgan fingerprint density at radius 3 is 2.37 bits per heavy atom. The first-order valence-corrected chi connectivity index (χ1v) is 12.6. The maximum absolute atomic E-state index is 12.5. The topological polar surface area (TPSA) is 65.8 Å². The Bertz CT molecular complexity index is 570. The van der Waals surface area contributed by atoms with Crippen molar-refractivity contribution in [1.82, 2.24) is 9.80 Å². The lowest BCUT2D eigenvalue weighted by Gasteiger charge is -2.43. The van der Waals surface area contributed by atoms with Gasteiger partial charge in [0.25, 0.3) is 0 Å². The highest BCUT2D eigenvalue weighted by Gasteiger charge is 2.39. The van der Waals surface area contributed by atoms with Crippen molar-refractivity contribution in [1.29, 1.82) is 5.26 Å². The summed E-state index contributed by atoms with van der Waals surface area (Å²) in [7, 11) is -1.88. The molecule has 6 nitrogen and oxygen atoms in total. The molecule has 1 aliphatic heterocycles. The molecule has 1 aliphatic rings. The Balaban J connectivity index is 2.84. The molecule has 0 spiro atoms. The molecule has 154 valence electrons. The van der Waals surface area contributed by atoms with Crippen LogP contribution in [0.15, 0.2) is 12.2 Å². The van der Waals surface area contributed by atoms with Crippen molar-refractivity contribution in [2.45, 2.75) is 71.3 Å². The fraction of sp³-hybridized carbons (Fsp3) is 0.800. The minimum atomic E-state index is -1.88. The zero-order chi connectivity index (χ0) is 20.9. The number of hydrogen-bond acceptors (Lipinski definition) is 5. The standard InChI is InChI=1S/C20H37N3O3Si/c1-19(2,3)26-18(24)23-14-13-22(12-10-9-11-21)17(15-23)16-25-27(7,8)20(4,5)6/h9-10,17H,12-16H2,1-8H3/b10-9-. The van der Waals surface area contributed by atoms with Crippen LogP contribution < -0.4 is 0 Å². The maximum atomic E-state index is 12.5. The normalized spacial score (nSPS) is 20.0. The molecule has 27 heavy (non-hydrogen) atoms. The van der Waals surface area contributed by atoms with Crippen LogP contribution in [0.2, 0.25) is 18.1 Å². The number of carbonyl (C=O) groups is 1. The molecule has 1 amide bonds. The first-order valence-electron chi connectivity index (χ1n) is 9.67. The van der Waals surface area contributed by atoms with Crippen LogP contribution in [0, 0.1) is 11.3 Å². The zero-order valence-electron chi connectivity index (χ0n) is 18.3. The third kappa shape index (κ3) is 7.65. The van der Waals surface area contributed by atoms with E-state index in [2.05, 4.69) is 38.8 Å². The Morgan fingerprint density at radius 1 is 1.22 bits per heavy atom. The van der Waals surface area contributed by atoms with E-state index in [1.54, 1.807) is 4.90 Å². The van der Waals surface area contributed by atoms with E-state index in [4.69, 9.17) is 14.4 Å². The third-order valence-corrected chi connectivity index (χ3v) is 9.73. The number of hydrogen-bond donors (Lipinski definition) is 0. The van der Waals surface area contributed by atoms with Crippen LogP contribution in [0.3, 0.4) is 0 Å². The van der Waals surface area contributed by atoms with Crippen molar-refractivity contribution < 1.29 is 14.0 Å². The van der Waals surface area contributed by atoms with Crippen molar-refractivity contribution in [3.8, 4) is 6.07 Å². The molecule has 0 radical (unpaired) electrons. The number of allylic oxidation sites excluding steroid dienone is 1. The van der Waals surface area contributed by atoms with Gasteiger partial charge in [0.1, 0.15) is 5.60 Å². The Morgan fingerprint density at radius 2 is 1.85 bits per heavy atom. The fourth-order valence-electron chi connectivity index (χ4n) is 2.55. The molecule has 1 rings (SSSR count). The van der Waals surface area contributed by atoms with Gasteiger partial charge in [0.2, 0.25) is 0 Å². The molecule has 0 bridgehead atoms. The molecule has 1 fully saturated rings. The first kappa shape index (κ1) is 23.7. The van der Waals surface area contributed by atoms with E-state index in [9.17, 15) is 4.79 Å². The third-order valence-electron chi connectivity index (χ3n) is 5.23. The molecule has 0 aliphatic carbocycles. The monoisotopic (exact) mass is 395 g/mol. The Labute approximate surface area is 166 Å². The lowest BCUT2D eigenvalue weighted by molar-refractivity contribution is -0.000969. The predicted octanol–water partition coefficient (Wildman–Crippen LogP) is 4.01. The van der Waals surface area contributed by atoms with Crippen LogP contribution in [0.5, 0.6) is 0 Å². The van der Waals surface area contributed by atoms with Gasteiger partial charge in [-0.2, -0.15) is 5.26 Å². The van der Waals surface area contributed by atoms with Crippen molar-refractivity contribution in [3.05, 3.63) is 12.2 Å². The SMILES string of the molecule is CC(C)(C)OC(=O)N1CCN(C/C=C\C#N)C(CO[Si](C)(C)C(C)(C)C)C1. The summed E-state index contributed by atoms with van der Waals surface area (Å²) < 4.78 is 12.0. The second-order valence-electron chi connectivity index (χ2n) is 9.68. The summed E-state index contributed by atoms with van der Waals surface area (Å²) in [6, 6.07) is 2.12. The highest BCUT2D eigenvalue weighted by Crippen LogP contribution is 2.36. The van der Waals surface area contributed by atoms with Gasteiger partial charge >= 0.3 is 6.09 Å². The minimum absolute atomic E-state index is 0.0868. The molecule has 1 atom stereocenters. The lowest BCUT2D eigenvalue weighted by Crippen LogP contribution is -2.58. The molecular weight excluding hydrogens is 358 g/mol. The lowest BCUT2D eigenvalue weighted by atomic mass is 10.1. The quantitative estimate of drug-likeness (QED) is 0.520. The molecule has 1 unspecified atom stereocenters. The first-order chi connectivity index (χ1) is 12.3. The largest absolute Gasteiger partial charge is 0.444 e. The number of ether oxygens (including phenoxy) is 1. The van der Waals surface area contributed by atoms with Gasteiger partial charge in [-0.05, 0) is 38.9 Å². The summed E-state index contributed by atoms with van der Waals surface area (Å²) in [5.74, 6) is 0. The fourth-order valence-corrected chi connectivity index (χ4v) is 3.59. The van der Waals surface area contributed by atoms with Crippen LogP contribution in [-0.4, -0.2) is 68.6 Å². The number of nitriles is 1. The summed E-state index contributed by atoms with van der Waals surface area (Å²) >= 11 is 0. The van der Waals surface area contributed by atoms with Crippen LogP contribution >= 0.6 is 0 Å². The number of carbonyl (C=O) groups excluding carboxylic acids is 1. The highest BCUT2D eigenvalue weighted by atomic mass is 28.4. The van der Waals surface area contributed by atoms with E-state index in [0.717, 1.165) is 6.54 Å². The van der Waals surface area contributed by atoms with Gasteiger partial charge < -0.3 is 14.1 Å². The van der Waals surface area contributed by atoms with Crippen LogP contribution in [0.1, 0.15) is 41.5 Å². The number of nitrogens with zero attached hydrogens (tertiary/aromatic N) is 3. The van der Waals surface area contributed by atoms with Gasteiger partial charge in [0.15, 0.2) is 8.32 Å². The molecule has 1 heterocycles. The molecule has 0 aromatic carbocycles. The maximum Gasteiger partial charge on any atom is 0.410 e. The average Bonchev–Trinajstić information content (AvgIpc) is 2.51. The summed E-state index contributed by atoms with van der Waals surface area (Å²) in [5, 5.41) is 8.88. The van der Waals surface area contributed by atoms with Gasteiger partial charge in [-0.15, -0.1) is 0 Å². The van der Waals surface area contributed by atoms with Crippen molar-refractivity contribution in [2.75, 3.05) is 32.8 Å². The van der Waals surface area contributed by atoms with Gasteiger partial charge in [0.05, 0.1) is 12.7 Å². The highest BCUT2D eigenvalue weighted by molar-refractivity contribution is 6.74. The molecule has 0 aromatic rings. The Kier molecular flexibility index (Phi) is 8.09. The van der Waals surface area contributed by atoms with Gasteiger partial charge in [0, 0.05) is 38.3 Å². The number of amides is 1. The van der Waals surface area contributed by atoms with Crippen LogP contribution in [0.25, 0.3) is 0 Å². The van der Waals surface area contributed by atoms with E-state index in [0.29, 0.717) is 26.2 Å². The molecule has 0 saturated carbocycles. The Hall–Kier alpha value is -1.36. The van der Waals surface area contributed by atoms with Crippen molar-refractivity contribution >= 4 is 14.4 Å². The van der Waals surface area contributed by atoms with Crippen molar-refractivity contribution in [3.63, 3.8) is 0 Å². The molecule has 0 aromatic heterocycles. The number of piperazine rings is 1. The minimum Gasteiger partial charge on any atom is -0.444 e. The average molecular weight is 396 g/mol. The van der Waals surface area contributed by atoms with Gasteiger partial charge in [-0.1, -0.05) is 26.8 Å². The summed E-state index contributed by atoms with van der Waals surface area (Å²) in [6.07, 6.45) is 3.10. The second kappa shape index (κ2) is 9.22. The van der Waals surface area contributed by atoms with E-state index in [-0.39, 0.29) is 17.2 Å². The molecule has 1 saturated heterocycles. The van der Waals surface area contributed by atoms with Crippen molar-refractivity contribution in [2.24, 2.45) is 0 Å². The smallest absolute Gasteiger partial charge is 0.410 e. The van der Waals surface area contributed by atoms with E-state index < -0.39 is 13.9 Å². The predicted molar refractivity (Wildman–Crippen MR) is 111 cm³/mol. The van der Waals surface area contributed by atoms with Gasteiger partial charge in [-0.3, -0.25) is 4.90 Å². The van der Waals surface area contributed by atoms with E-state index in [1.165, 1.54) is 6.08 Å². The molecular formula is C20H37N3O3Si. The summed E-state index contributed by atoms with van der Waals surface area (Å²) in [6.45, 7) is 20.0. The van der Waals surface area contributed by atoms with E-state index >= 15 is 0 Å². The number of rotatable bonds is 5. The zero-order valence-corrected chi connectivity index (χ0v) is 19.3. The molecule has 0 N–H and O–H groups in total. The van der Waals surface area contributed by atoms with Gasteiger partial charge in [-0.25, -0.2) is 4.79 Å². The molecule has 7 heteroatoms. The van der Waals surface area contributed by atoms with Crippen LogP contribution in [-0.2, 0) is 9.16 Å². The van der Waals surface area contributed by atoms with Crippen LogP contribution in [0.4, 0.5) is 4.79 Å². The summed E-state index contributed by atoms with van der Waals surface area (Å²) in [5.41, 5.74) is -0.503. The summed E-state index contributed by atoms with van der Waals surface area (Å²) in [4.78, 5) is 16.5. The van der Waals surface area contributed by atoms with E-state index in [1.807, 2.05) is 32.9 Å². The second-order valence-corrected chi connectivity index (χ2v) is 14.5.